The zero-order valence-corrected chi connectivity index (χ0v) is 9.61. The molecule has 0 radical (unpaired) electrons. The van der Waals surface area contributed by atoms with Crippen LogP contribution in [-0.2, 0) is 0 Å². The molecule has 4 rings (SSSR count). The van der Waals surface area contributed by atoms with Gasteiger partial charge in [0.2, 0.25) is 0 Å². The SMILES string of the molecule is [2H]C1(c2c3ccccc3cc3ccccc23)CC1. The van der Waals surface area contributed by atoms with E-state index >= 15 is 0 Å². The van der Waals surface area contributed by atoms with Gasteiger partial charge >= 0.3 is 0 Å². The number of hydrogen-bond acceptors (Lipinski definition) is 0. The lowest BCUT2D eigenvalue weighted by molar-refractivity contribution is 1.17. The Hall–Kier alpha value is -1.82. The highest BCUT2D eigenvalue weighted by atomic mass is 14.3. The van der Waals surface area contributed by atoms with Gasteiger partial charge in [-0.25, -0.2) is 0 Å². The van der Waals surface area contributed by atoms with Gasteiger partial charge in [0.05, 0.1) is 0 Å². The van der Waals surface area contributed by atoms with E-state index in [1.807, 2.05) is 0 Å². The van der Waals surface area contributed by atoms with E-state index in [-0.39, 0.29) is 5.89 Å². The van der Waals surface area contributed by atoms with Crippen LogP contribution in [0.4, 0.5) is 0 Å². The molecule has 3 aromatic rings. The Morgan fingerprint density at radius 3 is 1.88 bits per heavy atom. The monoisotopic (exact) mass is 219 g/mol. The van der Waals surface area contributed by atoms with Crippen LogP contribution in [0.1, 0.15) is 25.7 Å². The maximum atomic E-state index is 8.55. The van der Waals surface area contributed by atoms with Crippen LogP contribution in [0.15, 0.2) is 54.6 Å². The Kier molecular flexibility index (Phi) is 1.63. The van der Waals surface area contributed by atoms with Crippen LogP contribution in [0.2, 0.25) is 0 Å². The van der Waals surface area contributed by atoms with Crippen molar-refractivity contribution in [2.75, 3.05) is 0 Å². The summed E-state index contributed by atoms with van der Waals surface area (Å²) in [6.07, 6.45) is 1.98. The highest BCUT2D eigenvalue weighted by Gasteiger charge is 2.27. The molecule has 0 heteroatoms. The predicted molar refractivity (Wildman–Crippen MR) is 73.4 cm³/mol. The third-order valence-electron chi connectivity index (χ3n) is 3.62. The lowest BCUT2D eigenvalue weighted by Gasteiger charge is -2.10. The summed E-state index contributed by atoms with van der Waals surface area (Å²) in [6.45, 7) is 0. The number of benzene rings is 3. The maximum absolute atomic E-state index is 8.55. The van der Waals surface area contributed by atoms with Gasteiger partial charge in [0.25, 0.3) is 0 Å². The lowest BCUT2D eigenvalue weighted by Crippen LogP contribution is -1.86. The maximum Gasteiger partial charge on any atom is 0.0353 e. The molecule has 1 aliphatic rings. The zero-order chi connectivity index (χ0) is 12.2. The van der Waals surface area contributed by atoms with E-state index in [0.717, 1.165) is 12.8 Å². The molecule has 0 nitrogen and oxygen atoms in total. The van der Waals surface area contributed by atoms with Crippen LogP contribution in [0.25, 0.3) is 21.5 Å². The summed E-state index contributed by atoms with van der Waals surface area (Å²) in [5.41, 5.74) is 1.23. The average Bonchev–Trinajstić information content (AvgIpc) is 3.14. The van der Waals surface area contributed by atoms with Crippen molar-refractivity contribution in [3.8, 4) is 0 Å². The van der Waals surface area contributed by atoms with E-state index in [0.29, 0.717) is 0 Å². The topological polar surface area (TPSA) is 0 Å². The summed E-state index contributed by atoms with van der Waals surface area (Å²) in [6, 6.07) is 19.2. The van der Waals surface area contributed by atoms with Gasteiger partial charge in [0.1, 0.15) is 0 Å². The standard InChI is InChI=1S/C17H14/c1-3-7-15-13(5-1)11-14-6-2-4-8-16(14)17(15)12-9-10-12/h1-8,11-12H,9-10H2/i12D. The van der Waals surface area contributed by atoms with E-state index < -0.39 is 0 Å². The Bertz CT molecular complexity index is 700. The normalized spacial score (nSPS) is 18.2. The second-order valence-electron chi connectivity index (χ2n) is 4.80. The van der Waals surface area contributed by atoms with E-state index in [1.165, 1.54) is 27.1 Å². The molecule has 0 saturated heterocycles. The van der Waals surface area contributed by atoms with Crippen LogP contribution in [-0.4, -0.2) is 0 Å². The van der Waals surface area contributed by atoms with Gasteiger partial charge < -0.3 is 0 Å². The van der Waals surface area contributed by atoms with Crippen LogP contribution in [0.5, 0.6) is 0 Å². The molecule has 3 aromatic carbocycles. The summed E-state index contributed by atoms with van der Waals surface area (Å²) in [5.74, 6) is -0.347. The molecule has 0 bridgehead atoms. The molecule has 82 valence electrons. The van der Waals surface area contributed by atoms with Crippen molar-refractivity contribution in [1.82, 2.24) is 0 Å². The summed E-state index contributed by atoms with van der Waals surface area (Å²) in [5, 5.41) is 5.02. The first kappa shape index (κ1) is 8.30. The van der Waals surface area contributed by atoms with Gasteiger partial charge in [-0.1, -0.05) is 48.5 Å². The minimum absolute atomic E-state index is 0.347. The van der Waals surface area contributed by atoms with Crippen molar-refractivity contribution >= 4 is 21.5 Å². The van der Waals surface area contributed by atoms with Gasteiger partial charge in [-0.15, -0.1) is 0 Å². The Morgan fingerprint density at radius 2 is 1.35 bits per heavy atom. The highest BCUT2D eigenvalue weighted by molar-refractivity contribution is 6.02. The van der Waals surface area contributed by atoms with Crippen molar-refractivity contribution in [1.29, 1.82) is 0 Å². The smallest absolute Gasteiger partial charge is 0.0353 e. The molecule has 1 fully saturated rings. The lowest BCUT2D eigenvalue weighted by atomic mass is 9.94. The molecular weight excluding hydrogens is 204 g/mol. The predicted octanol–water partition coefficient (Wildman–Crippen LogP) is 4.87. The third kappa shape index (κ3) is 1.37. The molecule has 0 atom stereocenters. The highest BCUT2D eigenvalue weighted by Crippen LogP contribution is 2.46. The van der Waals surface area contributed by atoms with Gasteiger partial charge in [0, 0.05) is 1.37 Å². The Balaban J connectivity index is 2.25. The second kappa shape index (κ2) is 3.33. The number of rotatable bonds is 1. The van der Waals surface area contributed by atoms with Crippen molar-refractivity contribution in [2.45, 2.75) is 18.7 Å². The molecule has 0 heterocycles. The summed E-state index contributed by atoms with van der Waals surface area (Å²) >= 11 is 0. The first-order valence-electron chi connectivity index (χ1n) is 6.69. The second-order valence-corrected chi connectivity index (χ2v) is 4.80. The van der Waals surface area contributed by atoms with E-state index in [1.54, 1.807) is 0 Å². The van der Waals surface area contributed by atoms with Crippen molar-refractivity contribution in [2.24, 2.45) is 0 Å². The Labute approximate surface area is 102 Å². The van der Waals surface area contributed by atoms with Crippen molar-refractivity contribution in [3.05, 3.63) is 60.2 Å². The largest absolute Gasteiger partial charge is 0.0616 e. The quantitative estimate of drug-likeness (QED) is 0.512. The van der Waals surface area contributed by atoms with E-state index in [9.17, 15) is 0 Å². The van der Waals surface area contributed by atoms with Gasteiger partial charge in [-0.05, 0) is 51.9 Å². The van der Waals surface area contributed by atoms with Gasteiger partial charge in [-0.3, -0.25) is 0 Å². The minimum atomic E-state index is -0.347. The fourth-order valence-corrected chi connectivity index (χ4v) is 2.71. The fraction of sp³-hybridized carbons (Fsp3) is 0.176. The fourth-order valence-electron chi connectivity index (χ4n) is 2.71. The van der Waals surface area contributed by atoms with Crippen LogP contribution in [0, 0.1) is 0 Å². The van der Waals surface area contributed by atoms with Gasteiger partial charge in [0.15, 0.2) is 0 Å². The molecule has 0 N–H and O–H groups in total. The Morgan fingerprint density at radius 1 is 0.824 bits per heavy atom. The van der Waals surface area contributed by atoms with Crippen LogP contribution >= 0.6 is 0 Å². The third-order valence-corrected chi connectivity index (χ3v) is 3.62. The molecule has 1 aliphatic carbocycles. The van der Waals surface area contributed by atoms with Crippen molar-refractivity contribution in [3.63, 3.8) is 0 Å². The molecule has 0 aromatic heterocycles. The number of hydrogen-bond donors (Lipinski definition) is 0. The molecule has 0 unspecified atom stereocenters. The molecule has 1 saturated carbocycles. The van der Waals surface area contributed by atoms with Crippen LogP contribution < -0.4 is 0 Å². The summed E-state index contributed by atoms with van der Waals surface area (Å²) in [7, 11) is 0. The first-order chi connectivity index (χ1) is 8.78. The van der Waals surface area contributed by atoms with Crippen molar-refractivity contribution < 1.29 is 1.37 Å². The molecule has 17 heavy (non-hydrogen) atoms. The molecule has 0 amide bonds. The molecule has 0 spiro atoms. The first-order valence-corrected chi connectivity index (χ1v) is 6.19. The minimum Gasteiger partial charge on any atom is -0.0616 e. The molecule has 0 aliphatic heterocycles. The number of fused-ring (bicyclic) bond motifs is 2. The summed E-state index contributed by atoms with van der Waals surface area (Å²) in [4.78, 5) is 0. The zero-order valence-electron chi connectivity index (χ0n) is 10.6. The van der Waals surface area contributed by atoms with Crippen LogP contribution in [0.3, 0.4) is 0 Å². The average molecular weight is 219 g/mol. The van der Waals surface area contributed by atoms with E-state index in [4.69, 9.17) is 1.37 Å². The van der Waals surface area contributed by atoms with Gasteiger partial charge in [-0.2, -0.15) is 0 Å². The van der Waals surface area contributed by atoms with E-state index in [2.05, 4.69) is 54.6 Å². The molecular formula is C17H14. The summed E-state index contributed by atoms with van der Waals surface area (Å²) < 4.78 is 8.55.